The molecule has 0 saturated carbocycles. The zero-order valence-electron chi connectivity index (χ0n) is 3.52. The Morgan fingerprint density at radius 3 is 1.60 bits per heavy atom. The van der Waals surface area contributed by atoms with Gasteiger partial charge in [-0.1, -0.05) is 0 Å². The molecule has 1 nitrogen and oxygen atoms in total. The van der Waals surface area contributed by atoms with Crippen LogP contribution in [-0.4, -0.2) is 13.1 Å². The summed E-state index contributed by atoms with van der Waals surface area (Å²) in [5.41, 5.74) is 0. The van der Waals surface area contributed by atoms with Crippen LogP contribution in [0.15, 0.2) is 0 Å². The van der Waals surface area contributed by atoms with Gasteiger partial charge in [-0.3, -0.25) is 0 Å². The molecule has 5 heavy (non-hydrogen) atoms. The van der Waals surface area contributed by atoms with E-state index in [0.29, 0.717) is 0 Å². The molecule has 2 heteroatoms. The van der Waals surface area contributed by atoms with Gasteiger partial charge in [0.15, 0.2) is 8.32 Å². The molecule has 1 N–H and O–H groups in total. The van der Waals surface area contributed by atoms with Gasteiger partial charge in [-0.05, 0) is 19.6 Å². The maximum Gasteiger partial charge on any atom is 0.185 e. The molecule has 30 valence electrons. The van der Waals surface area contributed by atoms with Gasteiger partial charge in [-0.15, -0.1) is 0 Å². The fourth-order valence-corrected chi connectivity index (χ4v) is 0. The number of rotatable bonds is 0. The van der Waals surface area contributed by atoms with Crippen LogP contribution in [0, 0.1) is 6.55 Å². The van der Waals surface area contributed by atoms with E-state index in [-0.39, 0.29) is 0 Å². The first-order valence-electron chi connectivity index (χ1n) is 1.51. The fraction of sp³-hybridized carbons (Fsp3) is 0.667. The van der Waals surface area contributed by atoms with E-state index < -0.39 is 8.32 Å². The van der Waals surface area contributed by atoms with Gasteiger partial charge in [0, 0.05) is 0 Å². The lowest BCUT2D eigenvalue weighted by atomic mass is 11.8. The second kappa shape index (κ2) is 1.10. The first-order chi connectivity index (χ1) is 2.00. The Morgan fingerprint density at radius 1 is 1.60 bits per heavy atom. The molecule has 0 spiro atoms. The second-order valence-corrected chi connectivity index (χ2v) is 4.96. The predicted molar refractivity (Wildman–Crippen MR) is 24.0 cm³/mol. The smallest absolute Gasteiger partial charge is 0.185 e. The van der Waals surface area contributed by atoms with Crippen molar-refractivity contribution in [3.05, 3.63) is 6.55 Å². The normalized spacial score (nSPS) is 12.0. The highest BCUT2D eigenvalue weighted by Crippen LogP contribution is 1.86. The van der Waals surface area contributed by atoms with Crippen LogP contribution in [0.5, 0.6) is 0 Å². The van der Waals surface area contributed by atoms with E-state index >= 15 is 0 Å². The van der Waals surface area contributed by atoms with Crippen molar-refractivity contribution in [3.63, 3.8) is 0 Å². The van der Waals surface area contributed by atoms with Crippen molar-refractivity contribution >= 4 is 8.32 Å². The Bertz CT molecular complexity index is 22.4. The quantitative estimate of drug-likeness (QED) is 0.426. The molecule has 0 bridgehead atoms. The Hall–Kier alpha value is 0.177. The molecule has 0 heterocycles. The molecule has 0 aromatic heterocycles. The fourth-order valence-electron chi connectivity index (χ4n) is 0. The van der Waals surface area contributed by atoms with Crippen LogP contribution >= 0.6 is 0 Å². The number of hydrogen-bond donors (Lipinski definition) is 1. The van der Waals surface area contributed by atoms with Crippen molar-refractivity contribution < 1.29 is 4.80 Å². The second-order valence-electron chi connectivity index (χ2n) is 1.65. The molecule has 0 atom stereocenters. The average molecular weight is 88.2 g/mol. The molecule has 0 aromatic rings. The van der Waals surface area contributed by atoms with Gasteiger partial charge >= 0.3 is 0 Å². The molecule has 0 aliphatic rings. The molecule has 0 aliphatic carbocycles. The van der Waals surface area contributed by atoms with Crippen molar-refractivity contribution in [2.24, 2.45) is 0 Å². The van der Waals surface area contributed by atoms with Crippen LogP contribution in [0.3, 0.4) is 0 Å². The van der Waals surface area contributed by atoms with Crippen molar-refractivity contribution in [1.29, 1.82) is 0 Å². The summed E-state index contributed by atoms with van der Waals surface area (Å²) in [5.74, 6) is 0. The third-order valence-corrected chi connectivity index (χ3v) is 0. The molecule has 0 aliphatic heterocycles. The summed E-state index contributed by atoms with van der Waals surface area (Å²) >= 11 is 0. The maximum atomic E-state index is 8.44. The summed E-state index contributed by atoms with van der Waals surface area (Å²) in [4.78, 5) is 8.44. The van der Waals surface area contributed by atoms with E-state index in [1.807, 2.05) is 0 Å². The van der Waals surface area contributed by atoms with E-state index in [9.17, 15) is 0 Å². The highest BCUT2D eigenvalue weighted by Gasteiger charge is 2.04. The van der Waals surface area contributed by atoms with Crippen LogP contribution in [0.1, 0.15) is 0 Å². The summed E-state index contributed by atoms with van der Waals surface area (Å²) in [6.07, 6.45) is 0. The lowest BCUT2D eigenvalue weighted by molar-refractivity contribution is 0.566. The molecule has 0 aromatic carbocycles. The minimum absolute atomic E-state index is 1.66. The highest BCUT2D eigenvalue weighted by molar-refractivity contribution is 6.71. The van der Waals surface area contributed by atoms with Crippen LogP contribution in [0.4, 0.5) is 0 Å². The lowest BCUT2D eigenvalue weighted by Crippen LogP contribution is -2.18. The van der Waals surface area contributed by atoms with Crippen LogP contribution in [0.25, 0.3) is 0 Å². The Kier molecular flexibility index (Phi) is 1.14. The molecule has 0 rings (SSSR count). The van der Waals surface area contributed by atoms with Crippen molar-refractivity contribution in [2.75, 3.05) is 0 Å². The highest BCUT2D eigenvalue weighted by atomic mass is 28.4. The minimum atomic E-state index is -2.11. The number of hydrogen-bond acceptors (Lipinski definition) is 1. The van der Waals surface area contributed by atoms with Gasteiger partial charge in [-0.25, -0.2) is 0 Å². The van der Waals surface area contributed by atoms with Crippen molar-refractivity contribution in [3.8, 4) is 0 Å². The standard InChI is InChI=1S/C3H8OSi/c1-5(2,3)4/h1,4H,2-3H3. The largest absolute Gasteiger partial charge is 0.432 e. The van der Waals surface area contributed by atoms with Crippen molar-refractivity contribution in [2.45, 2.75) is 13.1 Å². The predicted octanol–water partition coefficient (Wildman–Crippen LogP) is 0.434. The summed E-state index contributed by atoms with van der Waals surface area (Å²) < 4.78 is 0. The Morgan fingerprint density at radius 2 is 1.60 bits per heavy atom. The zero-order chi connectivity index (χ0) is 4.50. The van der Waals surface area contributed by atoms with Crippen LogP contribution in [0.2, 0.25) is 13.1 Å². The Balaban J connectivity index is 3.02. The maximum absolute atomic E-state index is 8.44. The summed E-state index contributed by atoms with van der Waals surface area (Å²) in [7, 11) is -2.11. The first-order valence-corrected chi connectivity index (χ1v) is 4.54. The van der Waals surface area contributed by atoms with Gasteiger partial charge < -0.3 is 4.80 Å². The topological polar surface area (TPSA) is 20.2 Å². The monoisotopic (exact) mass is 88.0 g/mol. The SMILES string of the molecule is [CH][Si](C)(C)O. The zero-order valence-corrected chi connectivity index (χ0v) is 4.52. The van der Waals surface area contributed by atoms with Gasteiger partial charge in [-0.2, -0.15) is 0 Å². The van der Waals surface area contributed by atoms with Crippen molar-refractivity contribution in [1.82, 2.24) is 0 Å². The third-order valence-electron chi connectivity index (χ3n) is 0. The van der Waals surface area contributed by atoms with Crippen LogP contribution < -0.4 is 0 Å². The Labute approximate surface area is 33.8 Å². The van der Waals surface area contributed by atoms with E-state index in [1.165, 1.54) is 0 Å². The summed E-state index contributed by atoms with van der Waals surface area (Å²) in [5, 5.41) is 0. The van der Waals surface area contributed by atoms with E-state index in [0.717, 1.165) is 0 Å². The lowest BCUT2D eigenvalue weighted by Gasteiger charge is -1.99. The molecular formula is C3H8OSi. The minimum Gasteiger partial charge on any atom is -0.432 e. The third kappa shape index (κ3) is 633. The molecule has 0 fully saturated rings. The molecular weight excluding hydrogens is 80.1 g/mol. The van der Waals surface area contributed by atoms with Crippen LogP contribution in [-0.2, 0) is 0 Å². The average Bonchev–Trinajstić information content (AvgIpc) is 0.722. The van der Waals surface area contributed by atoms with E-state index in [1.54, 1.807) is 13.1 Å². The van der Waals surface area contributed by atoms with Gasteiger partial charge in [0.05, 0.1) is 0 Å². The summed E-state index contributed by atoms with van der Waals surface area (Å²) in [6, 6.07) is 0. The van der Waals surface area contributed by atoms with E-state index in [4.69, 9.17) is 11.3 Å². The van der Waals surface area contributed by atoms with Gasteiger partial charge in [0.25, 0.3) is 0 Å². The molecule has 2 radical (unpaired) electrons. The summed E-state index contributed by atoms with van der Waals surface area (Å²) in [6.45, 7) is 8.37. The van der Waals surface area contributed by atoms with Gasteiger partial charge in [0.2, 0.25) is 0 Å². The molecule has 0 saturated heterocycles. The van der Waals surface area contributed by atoms with Gasteiger partial charge in [0.1, 0.15) is 0 Å². The van der Waals surface area contributed by atoms with E-state index in [2.05, 4.69) is 0 Å². The molecule has 0 amide bonds. The first kappa shape index (κ1) is 5.18. The molecule has 0 unspecified atom stereocenters.